The van der Waals surface area contributed by atoms with Gasteiger partial charge in [-0.2, -0.15) is 0 Å². The highest BCUT2D eigenvalue weighted by molar-refractivity contribution is 5.98. The van der Waals surface area contributed by atoms with Crippen LogP contribution in [0.4, 0.5) is 5.69 Å². The van der Waals surface area contributed by atoms with E-state index >= 15 is 0 Å². The number of hydrogen-bond donors (Lipinski definition) is 2. The smallest absolute Gasteiger partial charge is 0.246 e. The quantitative estimate of drug-likeness (QED) is 0.592. The Bertz CT molecular complexity index is 874. The fraction of sp³-hybridized carbons (Fsp3) is 0.417. The van der Waals surface area contributed by atoms with E-state index in [2.05, 4.69) is 56.9 Å². The van der Waals surface area contributed by atoms with Crippen LogP contribution in [0.5, 0.6) is 0 Å². The number of fused-ring (bicyclic) bond motifs is 1. The van der Waals surface area contributed by atoms with Crippen molar-refractivity contribution in [2.75, 3.05) is 38.1 Å². The molecule has 6 heteroatoms. The number of likely N-dealkylation sites (tertiary alicyclic amines) is 1. The summed E-state index contributed by atoms with van der Waals surface area (Å²) in [6.07, 6.45) is 3.07. The Balaban J connectivity index is 1.22. The fourth-order valence-electron chi connectivity index (χ4n) is 4.32. The summed E-state index contributed by atoms with van der Waals surface area (Å²) in [5.74, 6) is 0.790. The molecule has 1 saturated heterocycles. The molecule has 0 aliphatic carbocycles. The molecule has 2 heterocycles. The van der Waals surface area contributed by atoms with E-state index < -0.39 is 0 Å². The van der Waals surface area contributed by atoms with Crippen molar-refractivity contribution in [1.82, 2.24) is 15.5 Å². The van der Waals surface area contributed by atoms with E-state index in [0.29, 0.717) is 12.0 Å². The van der Waals surface area contributed by atoms with Crippen molar-refractivity contribution in [2.45, 2.75) is 31.8 Å². The minimum atomic E-state index is 0.0839. The maximum Gasteiger partial charge on any atom is 0.246 e. The number of aliphatic imine (C=N–C) groups is 1. The summed E-state index contributed by atoms with van der Waals surface area (Å²) in [6.45, 7) is 4.14. The van der Waals surface area contributed by atoms with Gasteiger partial charge in [-0.05, 0) is 36.5 Å². The number of carbonyl (C=O) groups is 1. The number of anilines is 1. The van der Waals surface area contributed by atoms with E-state index in [1.165, 1.54) is 11.1 Å². The topological polar surface area (TPSA) is 60.0 Å². The third-order valence-corrected chi connectivity index (χ3v) is 6.00. The molecule has 0 atom stereocenters. The number of para-hydroxylation sites is 1. The summed E-state index contributed by atoms with van der Waals surface area (Å²) in [6, 6.07) is 19.2. The molecule has 0 bridgehead atoms. The van der Waals surface area contributed by atoms with Gasteiger partial charge in [0.2, 0.25) is 5.91 Å². The third kappa shape index (κ3) is 5.00. The monoisotopic (exact) mass is 405 g/mol. The van der Waals surface area contributed by atoms with Gasteiger partial charge in [-0.15, -0.1) is 0 Å². The SMILES string of the molecule is CN=C(NCC(=O)N1CCc2ccccc21)NC1CCN(Cc2ccccc2)CC1. The molecule has 0 radical (unpaired) electrons. The number of piperidine rings is 1. The lowest BCUT2D eigenvalue weighted by Gasteiger charge is -2.33. The molecule has 2 aliphatic rings. The molecule has 0 saturated carbocycles. The Morgan fingerprint density at radius 1 is 1.03 bits per heavy atom. The summed E-state index contributed by atoms with van der Waals surface area (Å²) in [7, 11) is 1.76. The molecule has 30 heavy (non-hydrogen) atoms. The van der Waals surface area contributed by atoms with E-state index in [1.54, 1.807) is 7.05 Å². The van der Waals surface area contributed by atoms with Gasteiger partial charge in [0, 0.05) is 45.0 Å². The zero-order valence-corrected chi connectivity index (χ0v) is 17.7. The van der Waals surface area contributed by atoms with Crippen LogP contribution in [-0.2, 0) is 17.8 Å². The van der Waals surface area contributed by atoms with E-state index in [1.807, 2.05) is 23.1 Å². The lowest BCUT2D eigenvalue weighted by molar-refractivity contribution is -0.117. The van der Waals surface area contributed by atoms with Crippen LogP contribution < -0.4 is 15.5 Å². The van der Waals surface area contributed by atoms with Crippen molar-refractivity contribution >= 4 is 17.6 Å². The van der Waals surface area contributed by atoms with Gasteiger partial charge in [0.15, 0.2) is 5.96 Å². The van der Waals surface area contributed by atoms with Gasteiger partial charge >= 0.3 is 0 Å². The second-order valence-corrected chi connectivity index (χ2v) is 8.03. The molecule has 2 aromatic rings. The van der Waals surface area contributed by atoms with Crippen molar-refractivity contribution < 1.29 is 4.79 Å². The van der Waals surface area contributed by atoms with E-state index in [9.17, 15) is 4.79 Å². The van der Waals surface area contributed by atoms with Crippen LogP contribution in [0.1, 0.15) is 24.0 Å². The largest absolute Gasteiger partial charge is 0.354 e. The molecule has 2 aromatic carbocycles. The molecule has 0 spiro atoms. The van der Waals surface area contributed by atoms with Gasteiger partial charge in [-0.1, -0.05) is 48.5 Å². The van der Waals surface area contributed by atoms with E-state index in [4.69, 9.17) is 0 Å². The van der Waals surface area contributed by atoms with Crippen LogP contribution in [0.15, 0.2) is 59.6 Å². The van der Waals surface area contributed by atoms with Crippen molar-refractivity contribution in [3.05, 3.63) is 65.7 Å². The first kappa shape index (κ1) is 20.4. The van der Waals surface area contributed by atoms with E-state index in [0.717, 1.165) is 51.1 Å². The molecule has 0 aromatic heterocycles. The van der Waals surface area contributed by atoms with Crippen LogP contribution in [0.25, 0.3) is 0 Å². The van der Waals surface area contributed by atoms with Crippen molar-refractivity contribution in [3.63, 3.8) is 0 Å². The molecular weight excluding hydrogens is 374 g/mol. The number of hydrogen-bond acceptors (Lipinski definition) is 3. The molecule has 1 fully saturated rings. The van der Waals surface area contributed by atoms with Crippen LogP contribution in [0, 0.1) is 0 Å². The second kappa shape index (κ2) is 9.76. The number of nitrogens with zero attached hydrogens (tertiary/aromatic N) is 3. The number of rotatable bonds is 5. The molecule has 1 amide bonds. The maximum absolute atomic E-state index is 12.7. The predicted molar refractivity (Wildman–Crippen MR) is 122 cm³/mol. The Labute approximate surface area is 179 Å². The van der Waals surface area contributed by atoms with Crippen LogP contribution in [0.2, 0.25) is 0 Å². The first-order valence-electron chi connectivity index (χ1n) is 10.8. The standard InChI is InChI=1S/C24H31N5O/c1-25-24(26-17-23(30)29-16-11-20-9-5-6-10-22(20)29)27-21-12-14-28(15-13-21)18-19-7-3-2-4-8-19/h2-10,21H,11-18H2,1H3,(H2,25,26,27). The highest BCUT2D eigenvalue weighted by Crippen LogP contribution is 2.27. The maximum atomic E-state index is 12.7. The highest BCUT2D eigenvalue weighted by Gasteiger charge is 2.24. The summed E-state index contributed by atoms with van der Waals surface area (Å²) in [5, 5.41) is 6.71. The van der Waals surface area contributed by atoms with Gasteiger partial charge < -0.3 is 15.5 Å². The third-order valence-electron chi connectivity index (χ3n) is 6.00. The van der Waals surface area contributed by atoms with Crippen LogP contribution in [-0.4, -0.2) is 56.0 Å². The summed E-state index contributed by atoms with van der Waals surface area (Å²) < 4.78 is 0. The Morgan fingerprint density at radius 3 is 2.53 bits per heavy atom. The van der Waals surface area contributed by atoms with Crippen LogP contribution in [0.3, 0.4) is 0 Å². The molecule has 4 rings (SSSR count). The van der Waals surface area contributed by atoms with E-state index in [-0.39, 0.29) is 12.5 Å². The molecule has 2 aliphatic heterocycles. The highest BCUT2D eigenvalue weighted by atomic mass is 16.2. The fourth-order valence-corrected chi connectivity index (χ4v) is 4.32. The predicted octanol–water partition coefficient (Wildman–Crippen LogP) is 2.41. The summed E-state index contributed by atoms with van der Waals surface area (Å²) in [4.78, 5) is 21.4. The lowest BCUT2D eigenvalue weighted by Crippen LogP contribution is -2.50. The van der Waals surface area contributed by atoms with Crippen molar-refractivity contribution in [2.24, 2.45) is 4.99 Å². The van der Waals surface area contributed by atoms with Crippen LogP contribution >= 0.6 is 0 Å². The number of guanidine groups is 1. The molecule has 158 valence electrons. The van der Waals surface area contributed by atoms with Gasteiger partial charge in [0.05, 0.1) is 6.54 Å². The normalized spacial score (nSPS) is 17.6. The van der Waals surface area contributed by atoms with Crippen molar-refractivity contribution in [1.29, 1.82) is 0 Å². The average Bonchev–Trinajstić information content (AvgIpc) is 3.22. The molecular formula is C24H31N5O. The second-order valence-electron chi connectivity index (χ2n) is 8.03. The molecule has 2 N–H and O–H groups in total. The number of amides is 1. The zero-order valence-electron chi connectivity index (χ0n) is 17.7. The average molecular weight is 406 g/mol. The summed E-state index contributed by atoms with van der Waals surface area (Å²) in [5.41, 5.74) is 3.65. The van der Waals surface area contributed by atoms with Gasteiger partial charge in [0.1, 0.15) is 0 Å². The Kier molecular flexibility index (Phi) is 6.64. The minimum absolute atomic E-state index is 0.0839. The first-order valence-corrected chi connectivity index (χ1v) is 10.8. The van der Waals surface area contributed by atoms with Gasteiger partial charge in [0.25, 0.3) is 0 Å². The first-order chi connectivity index (χ1) is 14.7. The molecule has 6 nitrogen and oxygen atoms in total. The number of nitrogens with one attached hydrogen (secondary N) is 2. The van der Waals surface area contributed by atoms with Gasteiger partial charge in [-0.3, -0.25) is 14.7 Å². The lowest BCUT2D eigenvalue weighted by atomic mass is 10.0. The minimum Gasteiger partial charge on any atom is -0.354 e. The Hall–Kier alpha value is -2.86. The zero-order chi connectivity index (χ0) is 20.8. The van der Waals surface area contributed by atoms with Gasteiger partial charge in [-0.25, -0.2) is 0 Å². The number of benzene rings is 2. The summed E-state index contributed by atoms with van der Waals surface area (Å²) >= 11 is 0. The molecule has 0 unspecified atom stereocenters. The number of carbonyl (C=O) groups excluding carboxylic acids is 1. The van der Waals surface area contributed by atoms with Crippen molar-refractivity contribution in [3.8, 4) is 0 Å². The Morgan fingerprint density at radius 2 is 1.77 bits per heavy atom.